The van der Waals surface area contributed by atoms with Crippen LogP contribution in [-0.4, -0.2) is 44.5 Å². The van der Waals surface area contributed by atoms with Crippen LogP contribution >= 0.6 is 11.8 Å². The van der Waals surface area contributed by atoms with Crippen molar-refractivity contribution in [2.24, 2.45) is 0 Å². The van der Waals surface area contributed by atoms with Crippen LogP contribution in [0.5, 0.6) is 5.75 Å². The Hall–Kier alpha value is -3.01. The van der Waals surface area contributed by atoms with Crippen LogP contribution in [0.15, 0.2) is 60.0 Å². The molecular weight excluding hydrogens is 441 g/mol. The zero-order valence-electron chi connectivity index (χ0n) is 17.2. The number of thioether (sulfide) groups is 1. The molecule has 1 fully saturated rings. The predicted octanol–water partition coefficient (Wildman–Crippen LogP) is 4.58. The molecule has 1 aromatic heterocycles. The fourth-order valence-electron chi connectivity index (χ4n) is 3.38. The molecule has 0 bridgehead atoms. The van der Waals surface area contributed by atoms with Crippen molar-refractivity contribution in [1.29, 1.82) is 0 Å². The van der Waals surface area contributed by atoms with Crippen LogP contribution in [0.2, 0.25) is 0 Å². The number of nitrogens with zero attached hydrogens (tertiary/aromatic N) is 4. The molecule has 1 amide bonds. The van der Waals surface area contributed by atoms with Gasteiger partial charge in [-0.1, -0.05) is 30.0 Å². The highest BCUT2D eigenvalue weighted by molar-refractivity contribution is 7.99. The Morgan fingerprint density at radius 2 is 1.91 bits per heavy atom. The molecule has 1 saturated carbocycles. The molecule has 6 nitrogen and oxygen atoms in total. The van der Waals surface area contributed by atoms with Gasteiger partial charge < -0.3 is 9.64 Å². The first-order valence-corrected chi connectivity index (χ1v) is 11.0. The van der Waals surface area contributed by atoms with E-state index in [2.05, 4.69) is 10.2 Å². The van der Waals surface area contributed by atoms with Crippen LogP contribution in [0.1, 0.15) is 24.0 Å². The summed E-state index contributed by atoms with van der Waals surface area (Å²) in [5.41, 5.74) is 0.209. The van der Waals surface area contributed by atoms with Crippen molar-refractivity contribution >= 4 is 17.7 Å². The van der Waals surface area contributed by atoms with Crippen molar-refractivity contribution in [1.82, 2.24) is 19.7 Å². The van der Waals surface area contributed by atoms with E-state index in [1.165, 1.54) is 23.9 Å². The minimum atomic E-state index is -4.46. The first kappa shape index (κ1) is 22.2. The molecule has 0 radical (unpaired) electrons. The molecule has 0 spiro atoms. The molecule has 3 aromatic rings. The number of amides is 1. The molecule has 0 atom stereocenters. The minimum Gasteiger partial charge on any atom is -0.497 e. The average molecular weight is 462 g/mol. The summed E-state index contributed by atoms with van der Waals surface area (Å²) in [7, 11) is 1.58. The molecule has 0 N–H and O–H groups in total. The number of carbonyl (C=O) groups excluding carboxylic acids is 1. The number of ether oxygens (including phenoxy) is 1. The third kappa shape index (κ3) is 5.07. The Balaban J connectivity index is 1.46. The molecule has 32 heavy (non-hydrogen) atoms. The molecule has 0 unspecified atom stereocenters. The van der Waals surface area contributed by atoms with Gasteiger partial charge in [-0.2, -0.15) is 13.2 Å². The van der Waals surface area contributed by atoms with Crippen LogP contribution < -0.4 is 4.74 Å². The van der Waals surface area contributed by atoms with Crippen molar-refractivity contribution < 1.29 is 22.7 Å². The van der Waals surface area contributed by atoms with Gasteiger partial charge in [0.05, 0.1) is 18.4 Å². The standard InChI is InChI=1S/C22H21F3N4O2S/c1-31-18-10-8-17(9-11-18)29-14-26-27-21(29)32-13-20(30)28(16-6-7-16)12-15-4-2-3-5-19(15)22(23,24)25/h2-5,8-11,14,16H,6-7,12-13H2,1H3. The lowest BCUT2D eigenvalue weighted by molar-refractivity contribution is -0.139. The van der Waals surface area contributed by atoms with Crippen LogP contribution in [0, 0.1) is 0 Å². The van der Waals surface area contributed by atoms with Gasteiger partial charge in [-0.05, 0) is 48.7 Å². The largest absolute Gasteiger partial charge is 0.497 e. The summed E-state index contributed by atoms with van der Waals surface area (Å²) < 4.78 is 47.0. The van der Waals surface area contributed by atoms with E-state index in [0.29, 0.717) is 10.9 Å². The van der Waals surface area contributed by atoms with Crippen LogP contribution in [0.3, 0.4) is 0 Å². The van der Waals surface area contributed by atoms with Gasteiger partial charge in [-0.3, -0.25) is 9.36 Å². The number of aromatic nitrogens is 3. The summed E-state index contributed by atoms with van der Waals surface area (Å²) >= 11 is 1.21. The third-order valence-electron chi connectivity index (χ3n) is 5.16. The highest BCUT2D eigenvalue weighted by atomic mass is 32.2. The number of methoxy groups -OCH3 is 1. The minimum absolute atomic E-state index is 0.0242. The summed E-state index contributed by atoms with van der Waals surface area (Å²) in [5, 5.41) is 8.53. The maximum Gasteiger partial charge on any atom is 0.416 e. The first-order chi connectivity index (χ1) is 15.4. The summed E-state index contributed by atoms with van der Waals surface area (Å²) in [5.74, 6) is 0.545. The van der Waals surface area contributed by atoms with E-state index < -0.39 is 11.7 Å². The van der Waals surface area contributed by atoms with E-state index >= 15 is 0 Å². The van der Waals surface area contributed by atoms with Gasteiger partial charge in [0, 0.05) is 18.3 Å². The van der Waals surface area contributed by atoms with Gasteiger partial charge in [-0.15, -0.1) is 10.2 Å². The number of hydrogen-bond donors (Lipinski definition) is 0. The highest BCUT2D eigenvalue weighted by Gasteiger charge is 2.37. The van der Waals surface area contributed by atoms with Gasteiger partial charge in [-0.25, -0.2) is 0 Å². The number of halogens is 3. The molecule has 168 valence electrons. The molecule has 4 rings (SSSR count). The fourth-order valence-corrected chi connectivity index (χ4v) is 4.19. The topological polar surface area (TPSA) is 60.2 Å². The molecule has 2 aromatic carbocycles. The van der Waals surface area contributed by atoms with Crippen LogP contribution in [0.4, 0.5) is 13.2 Å². The number of alkyl halides is 3. The van der Waals surface area contributed by atoms with Crippen LogP contribution in [0.25, 0.3) is 5.69 Å². The average Bonchev–Trinajstić information content (AvgIpc) is 3.52. The maximum atomic E-state index is 13.4. The lowest BCUT2D eigenvalue weighted by Crippen LogP contribution is -2.34. The number of rotatable bonds is 8. The first-order valence-electron chi connectivity index (χ1n) is 9.98. The van der Waals surface area contributed by atoms with E-state index in [4.69, 9.17) is 4.74 Å². The number of hydrogen-bond acceptors (Lipinski definition) is 5. The predicted molar refractivity (Wildman–Crippen MR) is 114 cm³/mol. The van der Waals surface area contributed by atoms with E-state index in [-0.39, 0.29) is 29.8 Å². The van der Waals surface area contributed by atoms with Crippen molar-refractivity contribution in [3.63, 3.8) is 0 Å². The summed E-state index contributed by atoms with van der Waals surface area (Å²) in [4.78, 5) is 14.5. The van der Waals surface area contributed by atoms with E-state index in [1.54, 1.807) is 29.0 Å². The second kappa shape index (κ2) is 9.23. The van der Waals surface area contributed by atoms with Crippen molar-refractivity contribution in [3.8, 4) is 11.4 Å². The smallest absolute Gasteiger partial charge is 0.416 e. The van der Waals surface area contributed by atoms with Gasteiger partial charge in [0.2, 0.25) is 5.91 Å². The third-order valence-corrected chi connectivity index (χ3v) is 6.09. The summed E-state index contributed by atoms with van der Waals surface area (Å²) in [6, 6.07) is 12.7. The molecule has 0 saturated heterocycles. The molecule has 0 aliphatic heterocycles. The Kier molecular flexibility index (Phi) is 6.40. The SMILES string of the molecule is COc1ccc(-n2cnnc2SCC(=O)N(Cc2ccccc2C(F)(F)F)C2CC2)cc1. The summed E-state index contributed by atoms with van der Waals surface area (Å²) in [6.45, 7) is -0.0646. The zero-order chi connectivity index (χ0) is 22.7. The highest BCUT2D eigenvalue weighted by Crippen LogP contribution is 2.35. The van der Waals surface area contributed by atoms with Crippen molar-refractivity contribution in [2.45, 2.75) is 36.8 Å². The number of carbonyl (C=O) groups is 1. The maximum absolute atomic E-state index is 13.4. The number of benzene rings is 2. The Morgan fingerprint density at radius 1 is 1.19 bits per heavy atom. The fraction of sp³-hybridized carbons (Fsp3) is 0.318. The second-order valence-corrected chi connectivity index (χ2v) is 8.32. The molecule has 1 heterocycles. The second-order valence-electron chi connectivity index (χ2n) is 7.38. The summed E-state index contributed by atoms with van der Waals surface area (Å²) in [6.07, 6.45) is -1.31. The van der Waals surface area contributed by atoms with Crippen molar-refractivity contribution in [3.05, 3.63) is 66.0 Å². The quantitative estimate of drug-likeness (QED) is 0.459. The lowest BCUT2D eigenvalue weighted by atomic mass is 10.1. The Bertz CT molecular complexity index is 1080. The van der Waals surface area contributed by atoms with Gasteiger partial charge in [0.25, 0.3) is 0 Å². The zero-order valence-corrected chi connectivity index (χ0v) is 18.1. The monoisotopic (exact) mass is 462 g/mol. The van der Waals surface area contributed by atoms with E-state index in [1.807, 2.05) is 24.3 Å². The van der Waals surface area contributed by atoms with E-state index in [0.717, 1.165) is 24.6 Å². The lowest BCUT2D eigenvalue weighted by Gasteiger charge is -2.24. The van der Waals surface area contributed by atoms with Gasteiger partial charge in [0.1, 0.15) is 12.1 Å². The normalized spacial score (nSPS) is 13.8. The van der Waals surface area contributed by atoms with Crippen LogP contribution in [-0.2, 0) is 17.5 Å². The Morgan fingerprint density at radius 3 is 2.56 bits per heavy atom. The molecule has 10 heteroatoms. The van der Waals surface area contributed by atoms with Gasteiger partial charge in [0.15, 0.2) is 5.16 Å². The van der Waals surface area contributed by atoms with Gasteiger partial charge >= 0.3 is 6.18 Å². The van der Waals surface area contributed by atoms with Crippen molar-refractivity contribution in [2.75, 3.05) is 12.9 Å². The molecular formula is C22H21F3N4O2S. The van der Waals surface area contributed by atoms with E-state index in [9.17, 15) is 18.0 Å². The molecule has 1 aliphatic carbocycles. The molecule has 1 aliphatic rings. The Labute approximate surface area is 187 Å².